The Labute approximate surface area is 118 Å². The second kappa shape index (κ2) is 5.74. The molecular weight excluding hydrogens is 314 g/mol. The normalized spacial score (nSPS) is 10.7. The highest BCUT2D eigenvalue weighted by Crippen LogP contribution is 2.15. The standard InChI is InChI=1S/C11H10BrN5S/c12-9-6-15-17(7-9)10-4-2-1-3-8(10)5-14-16-11(13)18/h1-7H,(H3,13,16,18). The summed E-state index contributed by atoms with van der Waals surface area (Å²) in [6.07, 6.45) is 5.24. The summed E-state index contributed by atoms with van der Waals surface area (Å²) in [5.74, 6) is 0. The molecule has 0 unspecified atom stereocenters. The van der Waals surface area contributed by atoms with Crippen LogP contribution < -0.4 is 11.2 Å². The number of para-hydroxylation sites is 1. The van der Waals surface area contributed by atoms with Gasteiger partial charge in [-0.15, -0.1) is 0 Å². The van der Waals surface area contributed by atoms with Gasteiger partial charge in [0, 0.05) is 11.8 Å². The molecule has 1 heterocycles. The van der Waals surface area contributed by atoms with Gasteiger partial charge in [-0.3, -0.25) is 5.43 Å². The van der Waals surface area contributed by atoms with Crippen molar-refractivity contribution in [2.45, 2.75) is 0 Å². The third-order valence-electron chi connectivity index (χ3n) is 2.11. The zero-order valence-corrected chi connectivity index (χ0v) is 11.6. The predicted molar refractivity (Wildman–Crippen MR) is 78.8 cm³/mol. The third kappa shape index (κ3) is 3.14. The molecule has 0 bridgehead atoms. The Morgan fingerprint density at radius 1 is 1.50 bits per heavy atom. The number of hydrogen-bond donors (Lipinski definition) is 2. The van der Waals surface area contributed by atoms with Gasteiger partial charge in [0.15, 0.2) is 5.11 Å². The van der Waals surface area contributed by atoms with E-state index in [0.29, 0.717) is 0 Å². The minimum Gasteiger partial charge on any atom is -0.375 e. The zero-order valence-electron chi connectivity index (χ0n) is 9.25. The molecule has 0 fully saturated rings. The number of nitrogens with two attached hydrogens (primary N) is 1. The first-order valence-corrected chi connectivity index (χ1v) is 6.25. The summed E-state index contributed by atoms with van der Waals surface area (Å²) < 4.78 is 2.67. The molecule has 92 valence electrons. The fraction of sp³-hybridized carbons (Fsp3) is 0. The van der Waals surface area contributed by atoms with E-state index in [-0.39, 0.29) is 5.11 Å². The molecule has 0 aliphatic carbocycles. The summed E-state index contributed by atoms with van der Waals surface area (Å²) in [4.78, 5) is 0. The predicted octanol–water partition coefficient (Wildman–Crippen LogP) is 1.80. The molecule has 7 heteroatoms. The van der Waals surface area contributed by atoms with Crippen molar-refractivity contribution in [2.75, 3.05) is 0 Å². The summed E-state index contributed by atoms with van der Waals surface area (Å²) in [7, 11) is 0. The number of hydrazone groups is 1. The Bertz CT molecular complexity index is 593. The Hall–Kier alpha value is -1.73. The van der Waals surface area contributed by atoms with Gasteiger partial charge in [0.05, 0.1) is 22.6 Å². The van der Waals surface area contributed by atoms with E-state index in [0.717, 1.165) is 15.7 Å². The molecule has 2 rings (SSSR count). The van der Waals surface area contributed by atoms with Crippen LogP contribution in [0.25, 0.3) is 5.69 Å². The SMILES string of the molecule is NC(=S)NN=Cc1ccccc1-n1cc(Br)cn1. The van der Waals surface area contributed by atoms with Crippen molar-refractivity contribution in [1.29, 1.82) is 0 Å². The van der Waals surface area contributed by atoms with E-state index in [1.54, 1.807) is 17.1 Å². The number of hydrogen-bond acceptors (Lipinski definition) is 3. The Morgan fingerprint density at radius 3 is 2.94 bits per heavy atom. The Kier molecular flexibility index (Phi) is 4.06. The molecule has 1 aromatic heterocycles. The van der Waals surface area contributed by atoms with Crippen molar-refractivity contribution in [3.05, 3.63) is 46.7 Å². The van der Waals surface area contributed by atoms with Crippen LogP contribution >= 0.6 is 28.1 Å². The second-order valence-electron chi connectivity index (χ2n) is 3.40. The molecule has 18 heavy (non-hydrogen) atoms. The summed E-state index contributed by atoms with van der Waals surface area (Å²) in [6.45, 7) is 0. The van der Waals surface area contributed by atoms with E-state index in [9.17, 15) is 0 Å². The molecule has 0 atom stereocenters. The number of thiocarbonyl (C=S) groups is 1. The van der Waals surface area contributed by atoms with Crippen molar-refractivity contribution < 1.29 is 0 Å². The van der Waals surface area contributed by atoms with Gasteiger partial charge >= 0.3 is 0 Å². The Balaban J connectivity index is 2.31. The fourth-order valence-electron chi connectivity index (χ4n) is 1.40. The van der Waals surface area contributed by atoms with Crippen molar-refractivity contribution in [1.82, 2.24) is 15.2 Å². The van der Waals surface area contributed by atoms with Crippen LogP contribution in [0.4, 0.5) is 0 Å². The van der Waals surface area contributed by atoms with Gasteiger partial charge in [-0.05, 0) is 34.2 Å². The van der Waals surface area contributed by atoms with Crippen LogP contribution in [-0.4, -0.2) is 21.1 Å². The highest BCUT2D eigenvalue weighted by molar-refractivity contribution is 9.10. The molecular formula is C11H10BrN5S. The highest BCUT2D eigenvalue weighted by atomic mass is 79.9. The first kappa shape index (κ1) is 12.7. The number of nitrogens with zero attached hydrogens (tertiary/aromatic N) is 3. The highest BCUT2D eigenvalue weighted by Gasteiger charge is 2.03. The molecule has 0 aliphatic rings. The first-order chi connectivity index (χ1) is 8.66. The lowest BCUT2D eigenvalue weighted by atomic mass is 10.2. The third-order valence-corrected chi connectivity index (χ3v) is 2.61. The van der Waals surface area contributed by atoms with E-state index < -0.39 is 0 Å². The van der Waals surface area contributed by atoms with Crippen LogP contribution in [0.5, 0.6) is 0 Å². The van der Waals surface area contributed by atoms with Gasteiger partial charge in [-0.1, -0.05) is 18.2 Å². The maximum Gasteiger partial charge on any atom is 0.184 e. The summed E-state index contributed by atoms with van der Waals surface area (Å²) in [5.41, 5.74) is 9.62. The molecule has 0 saturated carbocycles. The molecule has 0 spiro atoms. The van der Waals surface area contributed by atoms with Crippen LogP contribution in [0.2, 0.25) is 0 Å². The number of halogens is 1. The van der Waals surface area contributed by atoms with Gasteiger partial charge in [0.1, 0.15) is 0 Å². The molecule has 5 nitrogen and oxygen atoms in total. The number of benzene rings is 1. The van der Waals surface area contributed by atoms with Crippen LogP contribution in [0.15, 0.2) is 46.2 Å². The summed E-state index contributed by atoms with van der Waals surface area (Å²) in [6, 6.07) is 7.73. The van der Waals surface area contributed by atoms with E-state index in [1.807, 2.05) is 30.5 Å². The van der Waals surface area contributed by atoms with Crippen LogP contribution in [-0.2, 0) is 0 Å². The lowest BCUT2D eigenvalue weighted by Gasteiger charge is -2.05. The average molecular weight is 324 g/mol. The van der Waals surface area contributed by atoms with E-state index in [1.165, 1.54) is 0 Å². The van der Waals surface area contributed by atoms with E-state index in [2.05, 4.69) is 43.8 Å². The van der Waals surface area contributed by atoms with Crippen molar-refractivity contribution >= 4 is 39.5 Å². The zero-order chi connectivity index (χ0) is 13.0. The van der Waals surface area contributed by atoms with Crippen molar-refractivity contribution in [3.63, 3.8) is 0 Å². The maximum absolute atomic E-state index is 5.29. The van der Waals surface area contributed by atoms with Crippen LogP contribution in [0.3, 0.4) is 0 Å². The maximum atomic E-state index is 5.29. The molecule has 1 aromatic carbocycles. The van der Waals surface area contributed by atoms with Gasteiger partial charge < -0.3 is 5.73 Å². The quantitative estimate of drug-likeness (QED) is 0.513. The molecule has 0 aliphatic heterocycles. The summed E-state index contributed by atoms with van der Waals surface area (Å²) in [5, 5.41) is 8.30. The number of nitrogens with one attached hydrogen (secondary N) is 1. The first-order valence-electron chi connectivity index (χ1n) is 5.05. The molecule has 0 saturated heterocycles. The smallest absolute Gasteiger partial charge is 0.184 e. The topological polar surface area (TPSA) is 68.2 Å². The Morgan fingerprint density at radius 2 is 2.28 bits per heavy atom. The monoisotopic (exact) mass is 323 g/mol. The average Bonchev–Trinajstić information content (AvgIpc) is 2.76. The lowest BCUT2D eigenvalue weighted by molar-refractivity contribution is 0.878. The minimum atomic E-state index is 0.130. The van der Waals surface area contributed by atoms with Crippen LogP contribution in [0, 0.1) is 0 Å². The van der Waals surface area contributed by atoms with Gasteiger partial charge in [-0.25, -0.2) is 4.68 Å². The second-order valence-corrected chi connectivity index (χ2v) is 4.75. The molecule has 0 amide bonds. The lowest BCUT2D eigenvalue weighted by Crippen LogP contribution is -2.24. The minimum absolute atomic E-state index is 0.130. The fourth-order valence-corrected chi connectivity index (χ4v) is 1.74. The molecule has 2 aromatic rings. The van der Waals surface area contributed by atoms with E-state index >= 15 is 0 Å². The van der Waals surface area contributed by atoms with Crippen molar-refractivity contribution in [3.8, 4) is 5.69 Å². The van der Waals surface area contributed by atoms with Crippen molar-refractivity contribution in [2.24, 2.45) is 10.8 Å². The molecule has 0 radical (unpaired) electrons. The van der Waals surface area contributed by atoms with E-state index in [4.69, 9.17) is 5.73 Å². The van der Waals surface area contributed by atoms with Gasteiger partial charge in [0.2, 0.25) is 0 Å². The van der Waals surface area contributed by atoms with Crippen LogP contribution in [0.1, 0.15) is 5.56 Å². The molecule has 3 N–H and O–H groups in total. The van der Waals surface area contributed by atoms with Gasteiger partial charge in [-0.2, -0.15) is 10.2 Å². The largest absolute Gasteiger partial charge is 0.375 e. The number of rotatable bonds is 3. The van der Waals surface area contributed by atoms with Gasteiger partial charge in [0.25, 0.3) is 0 Å². The number of aromatic nitrogens is 2. The summed E-state index contributed by atoms with van der Waals surface area (Å²) >= 11 is 8.03.